The summed E-state index contributed by atoms with van der Waals surface area (Å²) in [6.45, 7) is 12.8. The van der Waals surface area contributed by atoms with Crippen LogP contribution in [0, 0.1) is 33.1 Å². The second kappa shape index (κ2) is 21.7. The summed E-state index contributed by atoms with van der Waals surface area (Å²) >= 11 is 9.37. The number of likely N-dealkylation sites (tertiary alicyclic amines) is 1. The van der Waals surface area contributed by atoms with Crippen LogP contribution in [0.25, 0.3) is 15.4 Å². The molecule has 368 valence electrons. The molecule has 1 fully saturated rings. The van der Waals surface area contributed by atoms with Crippen molar-refractivity contribution in [1.29, 1.82) is 0 Å². The first-order valence-electron chi connectivity index (χ1n) is 22.7. The Kier molecular flexibility index (Phi) is 16.2. The molecule has 0 saturated carbocycles. The molecule has 69 heavy (non-hydrogen) atoms. The van der Waals surface area contributed by atoms with E-state index in [0.29, 0.717) is 22.4 Å². The number of aryl methyl sites for hydroxylation is 3. The summed E-state index contributed by atoms with van der Waals surface area (Å²) in [6.07, 6.45) is -0.882. The summed E-state index contributed by atoms with van der Waals surface area (Å²) in [7, 11) is -3.62. The van der Waals surface area contributed by atoms with E-state index in [1.165, 1.54) is 4.90 Å². The van der Waals surface area contributed by atoms with Gasteiger partial charge in [0.25, 0.3) is 0 Å². The number of benzene rings is 2. The average Bonchev–Trinajstić information content (AvgIpc) is 4.06. The number of halogens is 1. The zero-order valence-corrected chi connectivity index (χ0v) is 42.9. The highest BCUT2D eigenvalue weighted by atomic mass is 35.5. The van der Waals surface area contributed by atoms with Crippen molar-refractivity contribution >= 4 is 73.5 Å². The van der Waals surface area contributed by atoms with Crippen molar-refractivity contribution in [2.45, 2.75) is 98.5 Å². The van der Waals surface area contributed by atoms with Gasteiger partial charge in [0, 0.05) is 53.7 Å². The lowest BCUT2D eigenvalue weighted by molar-refractivity contribution is -0.144. The molecule has 5 aromatic rings. The molecule has 4 atom stereocenters. The number of β-amino-alcohol motifs (C(OH)–C–C–N with tert-alkyl or cyclic N) is 1. The number of ether oxygens (including phenoxy) is 1. The zero-order chi connectivity index (χ0) is 49.8. The Morgan fingerprint density at radius 1 is 0.957 bits per heavy atom. The molecule has 0 radical (unpaired) electrons. The predicted octanol–water partition coefficient (Wildman–Crippen LogP) is 5.37. The molecule has 2 aliphatic heterocycles. The Balaban J connectivity index is 0.863. The van der Waals surface area contributed by atoms with Crippen molar-refractivity contribution in [3.63, 3.8) is 0 Å². The molecule has 21 heteroatoms. The van der Waals surface area contributed by atoms with Gasteiger partial charge in [0.05, 0.1) is 45.8 Å². The van der Waals surface area contributed by atoms with Crippen molar-refractivity contribution in [2.24, 2.45) is 10.4 Å². The minimum atomic E-state index is -3.62. The number of fused-ring (bicyclic) bond motifs is 3. The Labute approximate surface area is 415 Å². The highest BCUT2D eigenvalue weighted by Crippen LogP contribution is 2.40. The second-order valence-corrected chi connectivity index (χ2v) is 23.3. The van der Waals surface area contributed by atoms with Gasteiger partial charge in [-0.3, -0.25) is 28.7 Å². The van der Waals surface area contributed by atoms with E-state index >= 15 is 0 Å². The summed E-state index contributed by atoms with van der Waals surface area (Å²) in [5, 5.41) is 29.2. The Hall–Kier alpha value is -5.38. The molecule has 1 saturated heterocycles. The number of carbonyl (C=O) groups is 4. The molecule has 17 nitrogen and oxygen atoms in total. The van der Waals surface area contributed by atoms with Gasteiger partial charge >= 0.3 is 0 Å². The van der Waals surface area contributed by atoms with Crippen molar-refractivity contribution in [2.75, 3.05) is 37.8 Å². The van der Waals surface area contributed by atoms with Crippen LogP contribution in [0.1, 0.15) is 90.5 Å². The molecule has 4 N–H and O–H groups in total. The first-order valence-corrected chi connectivity index (χ1v) is 26.6. The van der Waals surface area contributed by atoms with Gasteiger partial charge in [-0.25, -0.2) is 13.4 Å². The maximum atomic E-state index is 14.0. The zero-order valence-electron chi connectivity index (χ0n) is 39.7. The number of carbonyl (C=O) groups excluding carboxylic acids is 4. The third kappa shape index (κ3) is 12.3. The van der Waals surface area contributed by atoms with Crippen LogP contribution in [-0.4, -0.2) is 124 Å². The standard InChI is InChI=1S/C48H58ClN9O8S3/c1-27-29(3)68-47-40(27)41(32-13-15-34(49)16-14-32)53-36(44-56-55-30(4)58(44)47)22-38(60)50-17-20-69(64,65)19-8-18-66-25-39(61)54-43(48(5,6)7)46(63)57-24-35(59)21-37(57)45(62)51-23-31-9-11-33(12-10-31)42-28(2)52-26-67-42/h9-16,26,35-37,43,59H,8,17-25H2,1-7H3,(H,50,60)(H,51,62)(H,54,61)/t35-,36+,37+,43-/m1/s1. The SMILES string of the molecule is Cc1ncsc1-c1ccc(CNC(=O)[C@@H]2C[C@@H](O)CN2C(=O)[C@@H](NC(=O)COCCCS(=O)(=O)CCNC(=O)C[C@@H]2N=C(c3ccc(Cl)cc3)c3c(sc(C)c3C)-n3c(C)nnc32)C(C)(C)C)cc1. The lowest BCUT2D eigenvalue weighted by Crippen LogP contribution is -2.58. The van der Waals surface area contributed by atoms with Gasteiger partial charge in [0.2, 0.25) is 23.6 Å². The Bertz CT molecular complexity index is 2830. The van der Waals surface area contributed by atoms with E-state index in [-0.39, 0.29) is 57.0 Å². The van der Waals surface area contributed by atoms with E-state index < -0.39 is 69.7 Å². The van der Waals surface area contributed by atoms with Crippen LogP contribution in [0.4, 0.5) is 0 Å². The normalized spacial score (nSPS) is 17.4. The third-order valence-corrected chi connectivity index (χ3v) is 16.3. The number of thiazole rings is 1. The number of aliphatic hydroxyl groups is 1. The molecule has 7 rings (SSSR count). The summed E-state index contributed by atoms with van der Waals surface area (Å²) in [4.78, 5) is 66.9. The fourth-order valence-corrected chi connectivity index (χ4v) is 11.7. The second-order valence-electron chi connectivity index (χ2n) is 18.5. The minimum Gasteiger partial charge on any atom is -0.391 e. The van der Waals surface area contributed by atoms with E-state index in [2.05, 4.69) is 31.1 Å². The van der Waals surface area contributed by atoms with Gasteiger partial charge in [0.15, 0.2) is 15.7 Å². The first kappa shape index (κ1) is 51.5. The van der Waals surface area contributed by atoms with E-state index in [4.69, 9.17) is 21.3 Å². The van der Waals surface area contributed by atoms with Crippen LogP contribution < -0.4 is 16.0 Å². The Morgan fingerprint density at radius 3 is 2.35 bits per heavy atom. The fraction of sp³-hybridized carbons (Fsp3) is 0.458. The lowest BCUT2D eigenvalue weighted by atomic mass is 9.85. The van der Waals surface area contributed by atoms with Crippen LogP contribution in [0.2, 0.25) is 5.02 Å². The number of hydrogen-bond donors (Lipinski definition) is 4. The van der Waals surface area contributed by atoms with Crippen LogP contribution in [-0.2, 0) is 40.3 Å². The number of thiophene rings is 1. The quantitative estimate of drug-likeness (QED) is 0.0817. The number of nitrogens with zero attached hydrogens (tertiary/aromatic N) is 6. The van der Waals surface area contributed by atoms with E-state index in [1.54, 1.807) is 61.1 Å². The fourth-order valence-electron chi connectivity index (χ4n) is 8.36. The highest BCUT2D eigenvalue weighted by Gasteiger charge is 2.44. The Morgan fingerprint density at radius 2 is 1.67 bits per heavy atom. The van der Waals surface area contributed by atoms with Crippen molar-refractivity contribution < 1.29 is 37.4 Å². The number of amides is 4. The van der Waals surface area contributed by atoms with E-state index in [9.17, 15) is 32.7 Å². The number of aliphatic imine (C=N–C) groups is 1. The molecule has 0 aliphatic carbocycles. The molecule has 3 aromatic heterocycles. The summed E-state index contributed by atoms with van der Waals surface area (Å²) in [6, 6.07) is 12.4. The third-order valence-electron chi connectivity index (χ3n) is 12.2. The predicted molar refractivity (Wildman–Crippen MR) is 267 cm³/mol. The van der Waals surface area contributed by atoms with Crippen LogP contribution >= 0.6 is 34.3 Å². The molecule has 2 aromatic carbocycles. The van der Waals surface area contributed by atoms with Crippen molar-refractivity contribution in [1.82, 2.24) is 40.6 Å². The molecule has 0 spiro atoms. The molecule has 0 unspecified atom stereocenters. The lowest BCUT2D eigenvalue weighted by Gasteiger charge is -2.35. The molecule has 4 amide bonds. The maximum absolute atomic E-state index is 14.0. The minimum absolute atomic E-state index is 0.0491. The van der Waals surface area contributed by atoms with Gasteiger partial charge < -0.3 is 30.7 Å². The highest BCUT2D eigenvalue weighted by molar-refractivity contribution is 7.91. The topological polar surface area (TPSA) is 227 Å². The van der Waals surface area contributed by atoms with Gasteiger partial charge in [-0.15, -0.1) is 32.9 Å². The summed E-state index contributed by atoms with van der Waals surface area (Å²) < 4.78 is 33.5. The molecule has 2 aliphatic rings. The largest absolute Gasteiger partial charge is 0.391 e. The summed E-state index contributed by atoms with van der Waals surface area (Å²) in [5.74, 6) is -1.33. The van der Waals surface area contributed by atoms with Crippen LogP contribution in [0.15, 0.2) is 59.0 Å². The van der Waals surface area contributed by atoms with Crippen molar-refractivity contribution in [3.8, 4) is 15.4 Å². The van der Waals surface area contributed by atoms with E-state index in [1.807, 2.05) is 68.7 Å². The average molecular weight is 1020 g/mol. The number of aromatic nitrogens is 4. The number of aliphatic hydroxyl groups excluding tert-OH is 1. The van der Waals surface area contributed by atoms with Gasteiger partial charge in [-0.1, -0.05) is 68.8 Å². The maximum Gasteiger partial charge on any atom is 0.246 e. The van der Waals surface area contributed by atoms with E-state index in [0.717, 1.165) is 48.3 Å². The molecular weight excluding hydrogens is 962 g/mol. The van der Waals surface area contributed by atoms with Gasteiger partial charge in [-0.05, 0) is 68.4 Å². The van der Waals surface area contributed by atoms with Gasteiger partial charge in [0.1, 0.15) is 35.6 Å². The number of hydrogen-bond acceptors (Lipinski definition) is 14. The number of sulfone groups is 1. The summed E-state index contributed by atoms with van der Waals surface area (Å²) in [5.41, 5.74) is 7.36. The van der Waals surface area contributed by atoms with Gasteiger partial charge in [-0.2, -0.15) is 0 Å². The van der Waals surface area contributed by atoms with Crippen LogP contribution in [0.5, 0.6) is 0 Å². The monoisotopic (exact) mass is 1020 g/mol. The number of rotatable bonds is 18. The molecule has 5 heterocycles. The van der Waals surface area contributed by atoms with Crippen LogP contribution in [0.3, 0.4) is 0 Å². The van der Waals surface area contributed by atoms with Crippen molar-refractivity contribution in [3.05, 3.63) is 104 Å². The molecule has 0 bridgehead atoms. The molecular formula is C48H58ClN9O8S3. The number of nitrogens with one attached hydrogen (secondary N) is 3. The first-order chi connectivity index (χ1) is 32.7. The smallest absolute Gasteiger partial charge is 0.246 e.